The minimum Gasteiger partial charge on any atom is -0.335 e. The number of carbonyl (C=O) groups excluding carboxylic acids is 2. The summed E-state index contributed by atoms with van der Waals surface area (Å²) in [5, 5.41) is 4.17. The highest BCUT2D eigenvalue weighted by molar-refractivity contribution is 6.31. The van der Waals surface area contributed by atoms with E-state index in [0.29, 0.717) is 5.92 Å². The molecule has 0 radical (unpaired) electrons. The van der Waals surface area contributed by atoms with Crippen molar-refractivity contribution in [3.63, 3.8) is 0 Å². The molecule has 0 aromatic heterocycles. The maximum atomic E-state index is 11.3. The lowest BCUT2D eigenvalue weighted by Crippen LogP contribution is -2.45. The van der Waals surface area contributed by atoms with E-state index < -0.39 is 17.3 Å². The van der Waals surface area contributed by atoms with Gasteiger partial charge < -0.3 is 5.32 Å². The molecule has 0 heterocycles. The van der Waals surface area contributed by atoms with Crippen LogP contribution in [0.5, 0.6) is 0 Å². The zero-order chi connectivity index (χ0) is 12.7. The van der Waals surface area contributed by atoms with Gasteiger partial charge in [-0.25, -0.2) is 4.79 Å². The summed E-state index contributed by atoms with van der Waals surface area (Å²) in [7, 11) is 0. The van der Waals surface area contributed by atoms with Gasteiger partial charge in [-0.2, -0.15) is 0 Å². The third-order valence-corrected chi connectivity index (χ3v) is 2.35. The summed E-state index contributed by atoms with van der Waals surface area (Å²) in [6, 6.07) is -0.422. The minimum atomic E-state index is -0.697. The lowest BCUT2D eigenvalue weighted by Gasteiger charge is -2.15. The summed E-state index contributed by atoms with van der Waals surface area (Å²) in [5.41, 5.74) is 0. The van der Waals surface area contributed by atoms with Crippen LogP contribution in [0.1, 0.15) is 40.5 Å². The van der Waals surface area contributed by atoms with Crippen LogP contribution >= 0.6 is 11.6 Å². The van der Waals surface area contributed by atoms with Gasteiger partial charge in [0.25, 0.3) is 0 Å². The third-order valence-electron chi connectivity index (χ3n) is 2.15. The first-order valence-corrected chi connectivity index (χ1v) is 6.02. The average molecular weight is 249 g/mol. The number of amides is 3. The molecule has 0 saturated carbocycles. The maximum Gasteiger partial charge on any atom is 0.321 e. The van der Waals surface area contributed by atoms with Crippen LogP contribution in [-0.2, 0) is 4.79 Å². The van der Waals surface area contributed by atoms with Crippen molar-refractivity contribution in [2.24, 2.45) is 5.92 Å². The van der Waals surface area contributed by atoms with Crippen LogP contribution in [0.25, 0.3) is 0 Å². The van der Waals surface area contributed by atoms with Crippen LogP contribution in [0.4, 0.5) is 4.79 Å². The monoisotopic (exact) mass is 248 g/mol. The highest BCUT2D eigenvalue weighted by Crippen LogP contribution is 2.06. The Morgan fingerprint density at radius 3 is 2.12 bits per heavy atom. The molecule has 0 bridgehead atoms. The molecule has 4 nitrogen and oxygen atoms in total. The molecule has 0 rings (SSSR count). The van der Waals surface area contributed by atoms with Gasteiger partial charge in [-0.1, -0.05) is 13.8 Å². The number of rotatable bonds is 5. The van der Waals surface area contributed by atoms with E-state index in [0.717, 1.165) is 12.8 Å². The predicted molar refractivity (Wildman–Crippen MR) is 65.5 cm³/mol. The van der Waals surface area contributed by atoms with Crippen molar-refractivity contribution >= 4 is 23.5 Å². The van der Waals surface area contributed by atoms with Crippen molar-refractivity contribution in [3.05, 3.63) is 0 Å². The van der Waals surface area contributed by atoms with Crippen LogP contribution in [0.3, 0.4) is 0 Å². The highest BCUT2D eigenvalue weighted by atomic mass is 35.5. The topological polar surface area (TPSA) is 58.2 Å². The van der Waals surface area contributed by atoms with Gasteiger partial charge in [-0.05, 0) is 32.6 Å². The average Bonchev–Trinajstić information content (AvgIpc) is 2.14. The van der Waals surface area contributed by atoms with Crippen molar-refractivity contribution in [1.82, 2.24) is 10.6 Å². The molecule has 16 heavy (non-hydrogen) atoms. The Morgan fingerprint density at radius 1 is 1.12 bits per heavy atom. The van der Waals surface area contributed by atoms with Gasteiger partial charge in [0.05, 0.1) is 0 Å². The number of hydrogen-bond acceptors (Lipinski definition) is 2. The quantitative estimate of drug-likeness (QED) is 0.734. The van der Waals surface area contributed by atoms with Gasteiger partial charge in [-0.15, -0.1) is 11.6 Å². The summed E-state index contributed by atoms with van der Waals surface area (Å²) in [6.45, 7) is 7.69. The minimum absolute atomic E-state index is 0.0563. The van der Waals surface area contributed by atoms with E-state index in [-0.39, 0.29) is 6.04 Å². The van der Waals surface area contributed by atoms with E-state index in [1.165, 1.54) is 6.92 Å². The van der Waals surface area contributed by atoms with E-state index in [2.05, 4.69) is 24.5 Å². The SMILES string of the molecule is CC(C)CCC(C)NC(=O)NC(=O)C(C)Cl. The highest BCUT2D eigenvalue weighted by Gasteiger charge is 2.14. The molecular formula is C11H21ClN2O2. The predicted octanol–water partition coefficient (Wildman–Crippen LogP) is 2.26. The summed E-state index contributed by atoms with van der Waals surface area (Å²) in [4.78, 5) is 22.4. The molecule has 2 N–H and O–H groups in total. The van der Waals surface area contributed by atoms with Crippen LogP contribution < -0.4 is 10.6 Å². The Kier molecular flexibility index (Phi) is 7.13. The first kappa shape index (κ1) is 15.2. The first-order chi connectivity index (χ1) is 7.32. The second-order valence-corrected chi connectivity index (χ2v) is 5.11. The number of imide groups is 1. The van der Waals surface area contributed by atoms with Gasteiger partial charge >= 0.3 is 6.03 Å². The number of alkyl halides is 1. The Balaban J connectivity index is 3.82. The van der Waals surface area contributed by atoms with Gasteiger partial charge in [0.15, 0.2) is 0 Å². The summed E-state index contributed by atoms with van der Waals surface area (Å²) in [5.74, 6) is 0.132. The summed E-state index contributed by atoms with van der Waals surface area (Å²) >= 11 is 5.52. The lowest BCUT2D eigenvalue weighted by molar-refractivity contribution is -0.119. The summed E-state index contributed by atoms with van der Waals surface area (Å²) < 4.78 is 0. The molecule has 0 spiro atoms. The number of carbonyl (C=O) groups is 2. The first-order valence-electron chi connectivity index (χ1n) is 5.58. The number of hydrogen-bond donors (Lipinski definition) is 2. The standard InChI is InChI=1S/C11H21ClN2O2/c1-7(2)5-6-8(3)13-11(16)14-10(15)9(4)12/h7-9H,5-6H2,1-4H3,(H2,13,14,15,16). The lowest BCUT2D eigenvalue weighted by atomic mass is 10.0. The van der Waals surface area contributed by atoms with E-state index >= 15 is 0 Å². The fourth-order valence-corrected chi connectivity index (χ4v) is 1.18. The fraction of sp³-hybridized carbons (Fsp3) is 0.818. The summed E-state index contributed by atoms with van der Waals surface area (Å²) in [6.07, 6.45) is 1.94. The molecule has 0 aliphatic carbocycles. The van der Waals surface area contributed by atoms with Crippen LogP contribution in [0.2, 0.25) is 0 Å². The molecule has 2 unspecified atom stereocenters. The fourth-order valence-electron chi connectivity index (χ4n) is 1.13. The molecule has 0 aromatic carbocycles. The number of urea groups is 1. The molecule has 3 amide bonds. The third kappa shape index (κ3) is 7.51. The van der Waals surface area contributed by atoms with E-state index in [1.54, 1.807) is 0 Å². The normalized spacial score (nSPS) is 14.4. The van der Waals surface area contributed by atoms with E-state index in [9.17, 15) is 9.59 Å². The van der Waals surface area contributed by atoms with Gasteiger partial charge in [-0.3, -0.25) is 10.1 Å². The van der Waals surface area contributed by atoms with E-state index in [4.69, 9.17) is 11.6 Å². The molecule has 94 valence electrons. The Morgan fingerprint density at radius 2 is 1.69 bits per heavy atom. The van der Waals surface area contributed by atoms with Crippen molar-refractivity contribution in [1.29, 1.82) is 0 Å². The largest absolute Gasteiger partial charge is 0.335 e. The van der Waals surface area contributed by atoms with Crippen LogP contribution in [0, 0.1) is 5.92 Å². The van der Waals surface area contributed by atoms with Crippen molar-refractivity contribution in [3.8, 4) is 0 Å². The van der Waals surface area contributed by atoms with E-state index in [1.807, 2.05) is 6.92 Å². The van der Waals surface area contributed by atoms with Crippen LogP contribution in [-0.4, -0.2) is 23.4 Å². The Labute approximate surface area is 102 Å². The number of nitrogens with one attached hydrogen (secondary N) is 2. The molecule has 0 aliphatic heterocycles. The Hall–Kier alpha value is -0.770. The van der Waals surface area contributed by atoms with Gasteiger partial charge in [0, 0.05) is 6.04 Å². The van der Waals surface area contributed by atoms with Crippen molar-refractivity contribution in [2.45, 2.75) is 52.0 Å². The smallest absolute Gasteiger partial charge is 0.321 e. The molecule has 2 atom stereocenters. The molecular weight excluding hydrogens is 228 g/mol. The van der Waals surface area contributed by atoms with Crippen molar-refractivity contribution < 1.29 is 9.59 Å². The molecule has 0 aliphatic rings. The molecule has 0 aromatic rings. The Bertz CT molecular complexity index is 242. The second kappa shape index (κ2) is 7.49. The van der Waals surface area contributed by atoms with Gasteiger partial charge in [0.1, 0.15) is 5.38 Å². The second-order valence-electron chi connectivity index (χ2n) is 4.45. The maximum absolute atomic E-state index is 11.3. The molecule has 5 heteroatoms. The molecule has 0 saturated heterocycles. The van der Waals surface area contributed by atoms with Crippen LogP contribution in [0.15, 0.2) is 0 Å². The molecule has 0 fully saturated rings. The zero-order valence-electron chi connectivity index (χ0n) is 10.3. The van der Waals surface area contributed by atoms with Gasteiger partial charge in [0.2, 0.25) is 5.91 Å². The number of halogens is 1. The van der Waals surface area contributed by atoms with Crippen molar-refractivity contribution in [2.75, 3.05) is 0 Å². The zero-order valence-corrected chi connectivity index (χ0v) is 11.1.